The van der Waals surface area contributed by atoms with Gasteiger partial charge in [0.2, 0.25) is 11.8 Å². The van der Waals surface area contributed by atoms with Gasteiger partial charge in [0.1, 0.15) is 6.54 Å². The maximum absolute atomic E-state index is 11.5. The van der Waals surface area contributed by atoms with E-state index in [4.69, 9.17) is 4.52 Å². The molecule has 1 aromatic heterocycles. The molecule has 0 atom stereocenters. The number of aliphatic imine (C=N–C) groups is 1. The standard InChI is InChI=1S/C13H22N6O2/c1-3-14-13(17-8-11-18-9(2)19-21-11)16-7-6-15-12(20)10-4-5-10/h10H,3-8H2,1-2H3,(H,15,20)(H2,14,16,17). The smallest absolute Gasteiger partial charge is 0.248 e. The molecular formula is C13H22N6O2. The molecule has 0 aromatic carbocycles. The molecule has 8 nitrogen and oxygen atoms in total. The molecule has 1 fully saturated rings. The number of aromatic nitrogens is 2. The van der Waals surface area contributed by atoms with Gasteiger partial charge in [0, 0.05) is 25.6 Å². The van der Waals surface area contributed by atoms with E-state index >= 15 is 0 Å². The third kappa shape index (κ3) is 5.41. The molecule has 0 radical (unpaired) electrons. The second kappa shape index (κ2) is 7.61. The summed E-state index contributed by atoms with van der Waals surface area (Å²) in [5.41, 5.74) is 0. The Kier molecular flexibility index (Phi) is 5.53. The lowest BCUT2D eigenvalue weighted by molar-refractivity contribution is -0.122. The predicted octanol–water partition coefficient (Wildman–Crippen LogP) is -0.0407. The number of nitrogens with one attached hydrogen (secondary N) is 3. The predicted molar refractivity (Wildman–Crippen MR) is 77.6 cm³/mol. The van der Waals surface area contributed by atoms with Crippen molar-refractivity contribution >= 4 is 11.9 Å². The van der Waals surface area contributed by atoms with Crippen LogP contribution in [0.3, 0.4) is 0 Å². The van der Waals surface area contributed by atoms with Gasteiger partial charge in [0.15, 0.2) is 11.8 Å². The number of nitrogens with zero attached hydrogens (tertiary/aromatic N) is 3. The summed E-state index contributed by atoms with van der Waals surface area (Å²) >= 11 is 0. The first-order valence-electron chi connectivity index (χ1n) is 7.28. The highest BCUT2D eigenvalue weighted by Gasteiger charge is 2.28. The number of carbonyl (C=O) groups excluding carboxylic acids is 1. The van der Waals surface area contributed by atoms with E-state index in [1.165, 1.54) is 0 Å². The fourth-order valence-corrected chi connectivity index (χ4v) is 1.75. The second-order valence-electron chi connectivity index (χ2n) is 4.92. The van der Waals surface area contributed by atoms with Crippen molar-refractivity contribution in [3.05, 3.63) is 11.7 Å². The van der Waals surface area contributed by atoms with Crippen LogP contribution >= 0.6 is 0 Å². The molecule has 0 bridgehead atoms. The number of aryl methyl sites for hydroxylation is 1. The Bertz CT molecular complexity index is 495. The van der Waals surface area contributed by atoms with E-state index in [0.717, 1.165) is 19.4 Å². The van der Waals surface area contributed by atoms with Gasteiger partial charge in [0.05, 0.1) is 0 Å². The highest BCUT2D eigenvalue weighted by atomic mass is 16.5. The minimum atomic E-state index is 0.153. The molecule has 1 heterocycles. The summed E-state index contributed by atoms with van der Waals surface area (Å²) < 4.78 is 5.00. The van der Waals surface area contributed by atoms with E-state index in [9.17, 15) is 4.79 Å². The van der Waals surface area contributed by atoms with Crippen molar-refractivity contribution in [3.63, 3.8) is 0 Å². The first-order valence-corrected chi connectivity index (χ1v) is 7.28. The van der Waals surface area contributed by atoms with Crippen LogP contribution in [0, 0.1) is 12.8 Å². The fourth-order valence-electron chi connectivity index (χ4n) is 1.75. The largest absolute Gasteiger partial charge is 0.357 e. The molecule has 0 spiro atoms. The molecule has 116 valence electrons. The molecule has 0 saturated heterocycles. The zero-order valence-electron chi connectivity index (χ0n) is 12.5. The monoisotopic (exact) mass is 294 g/mol. The first kappa shape index (κ1) is 15.3. The van der Waals surface area contributed by atoms with Gasteiger partial charge in [-0.05, 0) is 26.7 Å². The zero-order valence-corrected chi connectivity index (χ0v) is 12.5. The Morgan fingerprint density at radius 1 is 1.33 bits per heavy atom. The maximum Gasteiger partial charge on any atom is 0.248 e. The topological polar surface area (TPSA) is 104 Å². The van der Waals surface area contributed by atoms with Crippen molar-refractivity contribution in [2.75, 3.05) is 19.6 Å². The quantitative estimate of drug-likeness (QED) is 0.370. The van der Waals surface area contributed by atoms with Gasteiger partial charge in [-0.2, -0.15) is 4.98 Å². The molecule has 1 aliphatic carbocycles. The van der Waals surface area contributed by atoms with Crippen LogP contribution in [0.5, 0.6) is 0 Å². The van der Waals surface area contributed by atoms with E-state index in [1.54, 1.807) is 6.92 Å². The van der Waals surface area contributed by atoms with Crippen molar-refractivity contribution in [2.45, 2.75) is 33.2 Å². The van der Waals surface area contributed by atoms with Gasteiger partial charge in [-0.15, -0.1) is 0 Å². The number of hydrogen-bond acceptors (Lipinski definition) is 5. The molecule has 3 N–H and O–H groups in total. The highest BCUT2D eigenvalue weighted by Crippen LogP contribution is 2.28. The third-order valence-electron chi connectivity index (χ3n) is 2.95. The molecule has 1 amide bonds. The van der Waals surface area contributed by atoms with Crippen molar-refractivity contribution in [2.24, 2.45) is 10.9 Å². The SMILES string of the molecule is CCNC(=NCc1nc(C)no1)NCCNC(=O)C1CC1. The Labute approximate surface area is 123 Å². The van der Waals surface area contributed by atoms with Crippen molar-refractivity contribution < 1.29 is 9.32 Å². The van der Waals surface area contributed by atoms with E-state index in [0.29, 0.717) is 37.3 Å². The number of guanidine groups is 1. The van der Waals surface area contributed by atoms with Gasteiger partial charge in [0.25, 0.3) is 0 Å². The maximum atomic E-state index is 11.5. The lowest BCUT2D eigenvalue weighted by atomic mass is 10.4. The van der Waals surface area contributed by atoms with E-state index in [1.807, 2.05) is 6.92 Å². The lowest BCUT2D eigenvalue weighted by Gasteiger charge is -2.11. The molecular weight excluding hydrogens is 272 g/mol. The van der Waals surface area contributed by atoms with Crippen molar-refractivity contribution in [3.8, 4) is 0 Å². The molecule has 1 aliphatic rings. The number of carbonyl (C=O) groups is 1. The Hall–Kier alpha value is -2.12. The molecule has 2 rings (SSSR count). The average molecular weight is 294 g/mol. The summed E-state index contributed by atoms with van der Waals surface area (Å²) in [4.78, 5) is 19.9. The Morgan fingerprint density at radius 3 is 2.71 bits per heavy atom. The molecule has 8 heteroatoms. The summed E-state index contributed by atoms with van der Waals surface area (Å²) in [6.45, 7) is 6.03. The Morgan fingerprint density at radius 2 is 2.10 bits per heavy atom. The van der Waals surface area contributed by atoms with Crippen molar-refractivity contribution in [1.29, 1.82) is 0 Å². The van der Waals surface area contributed by atoms with Crippen LogP contribution < -0.4 is 16.0 Å². The normalized spacial score (nSPS) is 14.9. The first-order chi connectivity index (χ1) is 10.2. The van der Waals surface area contributed by atoms with Crippen LogP contribution in [0.25, 0.3) is 0 Å². The summed E-state index contributed by atoms with van der Waals surface area (Å²) in [5.74, 6) is 2.13. The fraction of sp³-hybridized carbons (Fsp3) is 0.692. The minimum absolute atomic E-state index is 0.153. The van der Waals surface area contributed by atoms with E-state index in [-0.39, 0.29) is 11.8 Å². The lowest BCUT2D eigenvalue weighted by Crippen LogP contribution is -2.41. The van der Waals surface area contributed by atoms with E-state index in [2.05, 4.69) is 31.1 Å². The van der Waals surface area contributed by atoms with Gasteiger partial charge >= 0.3 is 0 Å². The van der Waals surface area contributed by atoms with Gasteiger partial charge in [-0.1, -0.05) is 5.16 Å². The van der Waals surface area contributed by atoms with Crippen LogP contribution in [0.2, 0.25) is 0 Å². The summed E-state index contributed by atoms with van der Waals surface area (Å²) in [7, 11) is 0. The number of amides is 1. The van der Waals surface area contributed by atoms with Crippen LogP contribution in [-0.4, -0.2) is 41.6 Å². The number of rotatable bonds is 7. The highest BCUT2D eigenvalue weighted by molar-refractivity contribution is 5.81. The summed E-state index contributed by atoms with van der Waals surface area (Å²) in [5, 5.41) is 12.9. The van der Waals surface area contributed by atoms with Gasteiger partial charge in [-0.3, -0.25) is 4.79 Å². The Balaban J connectivity index is 1.71. The van der Waals surface area contributed by atoms with Gasteiger partial charge < -0.3 is 20.5 Å². The third-order valence-corrected chi connectivity index (χ3v) is 2.95. The van der Waals surface area contributed by atoms with Crippen LogP contribution in [-0.2, 0) is 11.3 Å². The van der Waals surface area contributed by atoms with Crippen molar-refractivity contribution in [1.82, 2.24) is 26.1 Å². The molecule has 0 aliphatic heterocycles. The van der Waals surface area contributed by atoms with E-state index < -0.39 is 0 Å². The summed E-state index contributed by atoms with van der Waals surface area (Å²) in [6.07, 6.45) is 2.04. The summed E-state index contributed by atoms with van der Waals surface area (Å²) in [6, 6.07) is 0. The minimum Gasteiger partial charge on any atom is -0.357 e. The van der Waals surface area contributed by atoms with Crippen LogP contribution in [0.15, 0.2) is 9.52 Å². The number of hydrogen-bond donors (Lipinski definition) is 3. The average Bonchev–Trinajstić information content (AvgIpc) is 3.24. The molecule has 1 aromatic rings. The van der Waals surface area contributed by atoms with Crippen LogP contribution in [0.4, 0.5) is 0 Å². The zero-order chi connectivity index (χ0) is 15.1. The molecule has 0 unspecified atom stereocenters. The van der Waals surface area contributed by atoms with Gasteiger partial charge in [-0.25, -0.2) is 4.99 Å². The molecule has 1 saturated carbocycles. The molecule has 21 heavy (non-hydrogen) atoms. The second-order valence-corrected chi connectivity index (χ2v) is 4.92. The van der Waals surface area contributed by atoms with Crippen LogP contribution in [0.1, 0.15) is 31.5 Å².